The molecule has 1 fully saturated rings. The predicted molar refractivity (Wildman–Crippen MR) is 68.8 cm³/mol. The molecule has 4 nitrogen and oxygen atoms in total. The van der Waals surface area contributed by atoms with Gasteiger partial charge < -0.3 is 10.1 Å². The van der Waals surface area contributed by atoms with E-state index in [0.717, 1.165) is 16.9 Å². The second-order valence-corrected chi connectivity index (χ2v) is 5.83. The Hall–Kier alpha value is -1.55. The zero-order valence-corrected chi connectivity index (χ0v) is 10.8. The summed E-state index contributed by atoms with van der Waals surface area (Å²) in [6, 6.07) is 5.42. The van der Waals surface area contributed by atoms with E-state index in [1.165, 1.54) is 0 Å². The summed E-state index contributed by atoms with van der Waals surface area (Å²) >= 11 is 5.92. The predicted octanol–water partition coefficient (Wildman–Crippen LogP) is 3.04. The first kappa shape index (κ1) is 11.5. The highest BCUT2D eigenvalue weighted by atomic mass is 35.5. The molecule has 1 aliphatic carbocycles. The summed E-state index contributed by atoms with van der Waals surface area (Å²) in [5, 5.41) is 9.82. The van der Waals surface area contributed by atoms with Crippen LogP contribution in [0.4, 0.5) is 0 Å². The molecule has 2 atom stereocenters. The number of benzene rings is 1. The van der Waals surface area contributed by atoms with Crippen LogP contribution < -0.4 is 0 Å². The summed E-state index contributed by atoms with van der Waals surface area (Å²) in [4.78, 5) is 18.8. The zero-order chi connectivity index (χ0) is 13.1. The van der Waals surface area contributed by atoms with Gasteiger partial charge >= 0.3 is 5.97 Å². The van der Waals surface area contributed by atoms with Crippen LogP contribution in [0.3, 0.4) is 0 Å². The highest BCUT2D eigenvalue weighted by Crippen LogP contribution is 2.63. The fourth-order valence-electron chi connectivity index (χ4n) is 2.76. The fraction of sp³-hybridized carbons (Fsp3) is 0.385. The molecule has 1 heterocycles. The zero-order valence-electron chi connectivity index (χ0n) is 10.1. The van der Waals surface area contributed by atoms with E-state index in [1.54, 1.807) is 12.1 Å². The van der Waals surface area contributed by atoms with Gasteiger partial charge in [0.1, 0.15) is 5.82 Å². The Morgan fingerprint density at radius 2 is 2.22 bits per heavy atom. The van der Waals surface area contributed by atoms with Crippen molar-refractivity contribution in [3.8, 4) is 0 Å². The number of imidazole rings is 1. The van der Waals surface area contributed by atoms with E-state index in [-0.39, 0.29) is 17.3 Å². The molecular weight excluding hydrogens is 252 g/mol. The van der Waals surface area contributed by atoms with E-state index in [1.807, 2.05) is 19.9 Å². The molecule has 18 heavy (non-hydrogen) atoms. The molecule has 1 aromatic carbocycles. The number of carboxylic acids is 1. The van der Waals surface area contributed by atoms with Crippen molar-refractivity contribution >= 4 is 28.6 Å². The molecule has 0 amide bonds. The molecule has 0 radical (unpaired) electrons. The Balaban J connectivity index is 2.04. The van der Waals surface area contributed by atoms with Gasteiger partial charge in [0.05, 0.1) is 17.0 Å². The molecule has 5 heteroatoms. The standard InChI is InChI=1S/C13H13ClN2O2/c1-13(2)9(10(13)12(17)18)11-15-7-4-3-6(14)5-8(7)16-11/h3-5,9-10H,1-2H3,(H,15,16)(H,17,18). The number of hydrogen-bond donors (Lipinski definition) is 2. The number of aromatic amines is 1. The average Bonchev–Trinajstić information content (AvgIpc) is 2.66. The normalized spacial score (nSPS) is 25.3. The minimum absolute atomic E-state index is 0.0545. The van der Waals surface area contributed by atoms with Gasteiger partial charge in [0.2, 0.25) is 0 Å². The van der Waals surface area contributed by atoms with Crippen molar-refractivity contribution in [1.82, 2.24) is 9.97 Å². The lowest BCUT2D eigenvalue weighted by Crippen LogP contribution is -2.03. The van der Waals surface area contributed by atoms with Gasteiger partial charge in [0.15, 0.2) is 0 Å². The van der Waals surface area contributed by atoms with Gasteiger partial charge in [-0.25, -0.2) is 4.98 Å². The van der Waals surface area contributed by atoms with Gasteiger partial charge in [-0.3, -0.25) is 4.79 Å². The highest BCUT2D eigenvalue weighted by molar-refractivity contribution is 6.31. The third kappa shape index (κ3) is 1.52. The SMILES string of the molecule is CC1(C)C(C(=O)O)C1c1nc2ccc(Cl)cc2[nH]1. The van der Waals surface area contributed by atoms with Crippen LogP contribution in [0.1, 0.15) is 25.6 Å². The Bertz CT molecular complexity index is 647. The number of aliphatic carboxylic acids is 1. The average molecular weight is 265 g/mol. The summed E-state index contributed by atoms with van der Waals surface area (Å²) in [5.74, 6) is -0.442. The van der Waals surface area contributed by atoms with E-state index in [9.17, 15) is 9.90 Å². The molecule has 3 rings (SSSR count). The number of halogens is 1. The van der Waals surface area contributed by atoms with Crippen LogP contribution in [0.25, 0.3) is 11.0 Å². The van der Waals surface area contributed by atoms with Crippen LogP contribution >= 0.6 is 11.6 Å². The summed E-state index contributed by atoms with van der Waals surface area (Å²) < 4.78 is 0. The number of carboxylic acid groups (broad SMARTS) is 1. The number of rotatable bonds is 2. The van der Waals surface area contributed by atoms with Crippen LogP contribution in [0.2, 0.25) is 5.02 Å². The quantitative estimate of drug-likeness (QED) is 0.876. The summed E-state index contributed by atoms with van der Waals surface area (Å²) in [6.07, 6.45) is 0. The molecule has 2 aromatic rings. The minimum Gasteiger partial charge on any atom is -0.481 e. The minimum atomic E-state index is -0.761. The molecule has 1 aromatic heterocycles. The molecule has 0 bridgehead atoms. The number of hydrogen-bond acceptors (Lipinski definition) is 2. The summed E-state index contributed by atoms with van der Waals surface area (Å²) in [7, 11) is 0. The molecule has 2 unspecified atom stereocenters. The van der Waals surface area contributed by atoms with Crippen molar-refractivity contribution < 1.29 is 9.90 Å². The number of H-pyrrole nitrogens is 1. The lowest BCUT2D eigenvalue weighted by atomic mass is 10.1. The molecule has 0 aliphatic heterocycles. The summed E-state index contributed by atoms with van der Waals surface area (Å²) in [6.45, 7) is 3.91. The Labute approximate surface area is 109 Å². The molecule has 1 saturated carbocycles. The Morgan fingerprint density at radius 3 is 2.83 bits per heavy atom. The molecule has 0 saturated heterocycles. The van der Waals surface area contributed by atoms with E-state index < -0.39 is 5.97 Å². The van der Waals surface area contributed by atoms with Crippen LogP contribution in [0.5, 0.6) is 0 Å². The van der Waals surface area contributed by atoms with Crippen LogP contribution in [-0.2, 0) is 4.79 Å². The summed E-state index contributed by atoms with van der Waals surface area (Å²) in [5.41, 5.74) is 1.43. The maximum absolute atomic E-state index is 11.2. The largest absolute Gasteiger partial charge is 0.481 e. The van der Waals surface area contributed by atoms with Crippen molar-refractivity contribution in [2.45, 2.75) is 19.8 Å². The van der Waals surface area contributed by atoms with Gasteiger partial charge in [-0.2, -0.15) is 0 Å². The van der Waals surface area contributed by atoms with E-state index in [2.05, 4.69) is 9.97 Å². The molecule has 1 aliphatic rings. The number of fused-ring (bicyclic) bond motifs is 1. The molecule has 0 spiro atoms. The van der Waals surface area contributed by atoms with E-state index in [0.29, 0.717) is 5.02 Å². The molecule has 2 N–H and O–H groups in total. The van der Waals surface area contributed by atoms with Crippen LogP contribution in [-0.4, -0.2) is 21.0 Å². The lowest BCUT2D eigenvalue weighted by molar-refractivity contribution is -0.139. The lowest BCUT2D eigenvalue weighted by Gasteiger charge is -1.97. The van der Waals surface area contributed by atoms with Crippen molar-refractivity contribution in [1.29, 1.82) is 0 Å². The van der Waals surface area contributed by atoms with Crippen molar-refractivity contribution in [2.75, 3.05) is 0 Å². The van der Waals surface area contributed by atoms with Crippen molar-refractivity contribution in [3.05, 3.63) is 29.0 Å². The van der Waals surface area contributed by atoms with Gasteiger partial charge in [-0.1, -0.05) is 25.4 Å². The smallest absolute Gasteiger partial charge is 0.307 e. The van der Waals surface area contributed by atoms with Gasteiger partial charge in [-0.05, 0) is 23.6 Å². The highest BCUT2D eigenvalue weighted by Gasteiger charge is 2.64. The number of aromatic nitrogens is 2. The first-order valence-electron chi connectivity index (χ1n) is 5.79. The second-order valence-electron chi connectivity index (χ2n) is 5.40. The third-order valence-electron chi connectivity index (χ3n) is 3.85. The van der Waals surface area contributed by atoms with Crippen LogP contribution in [0, 0.1) is 11.3 Å². The van der Waals surface area contributed by atoms with E-state index in [4.69, 9.17) is 11.6 Å². The number of carbonyl (C=O) groups is 1. The molecule has 94 valence electrons. The van der Waals surface area contributed by atoms with Crippen molar-refractivity contribution in [2.24, 2.45) is 11.3 Å². The fourth-order valence-corrected chi connectivity index (χ4v) is 2.93. The maximum atomic E-state index is 11.2. The van der Waals surface area contributed by atoms with Gasteiger partial charge in [0.25, 0.3) is 0 Å². The van der Waals surface area contributed by atoms with Gasteiger partial charge in [0, 0.05) is 10.9 Å². The van der Waals surface area contributed by atoms with Crippen molar-refractivity contribution in [3.63, 3.8) is 0 Å². The number of nitrogens with one attached hydrogen (secondary N) is 1. The van der Waals surface area contributed by atoms with Gasteiger partial charge in [-0.15, -0.1) is 0 Å². The maximum Gasteiger partial charge on any atom is 0.307 e. The molecular formula is C13H13ClN2O2. The Morgan fingerprint density at radius 1 is 1.50 bits per heavy atom. The first-order valence-corrected chi connectivity index (χ1v) is 6.17. The van der Waals surface area contributed by atoms with E-state index >= 15 is 0 Å². The monoisotopic (exact) mass is 264 g/mol. The number of nitrogens with zero attached hydrogens (tertiary/aromatic N) is 1. The topological polar surface area (TPSA) is 66.0 Å². The Kier molecular flexibility index (Phi) is 2.23. The second kappa shape index (κ2) is 3.48. The third-order valence-corrected chi connectivity index (χ3v) is 4.09. The first-order chi connectivity index (χ1) is 8.41. The van der Waals surface area contributed by atoms with Crippen LogP contribution in [0.15, 0.2) is 18.2 Å².